The van der Waals surface area contributed by atoms with E-state index in [1.807, 2.05) is 60.7 Å². The maximum absolute atomic E-state index is 13.0. The van der Waals surface area contributed by atoms with Crippen molar-refractivity contribution in [2.75, 3.05) is 6.54 Å². The lowest BCUT2D eigenvalue weighted by atomic mass is 9.84. The summed E-state index contributed by atoms with van der Waals surface area (Å²) in [5, 5.41) is 12.7. The van der Waals surface area contributed by atoms with Gasteiger partial charge in [-0.2, -0.15) is 0 Å². The van der Waals surface area contributed by atoms with Gasteiger partial charge < -0.3 is 21.1 Å². The van der Waals surface area contributed by atoms with Crippen LogP contribution in [-0.4, -0.2) is 52.5 Å². The van der Waals surface area contributed by atoms with Crippen LogP contribution >= 0.6 is 0 Å². The first-order chi connectivity index (χ1) is 13.9. The Kier molecular flexibility index (Phi) is 6.29. The summed E-state index contributed by atoms with van der Waals surface area (Å²) in [4.78, 5) is 38.5. The summed E-state index contributed by atoms with van der Waals surface area (Å²) >= 11 is 0. The van der Waals surface area contributed by atoms with Crippen molar-refractivity contribution >= 4 is 17.7 Å². The predicted octanol–water partition coefficient (Wildman–Crippen LogP) is 0.770. The van der Waals surface area contributed by atoms with Gasteiger partial charge in [-0.3, -0.25) is 14.4 Å². The van der Waals surface area contributed by atoms with Crippen LogP contribution in [0.2, 0.25) is 0 Å². The molecule has 1 heterocycles. The molecule has 1 aliphatic heterocycles. The Balaban J connectivity index is 1.93. The van der Waals surface area contributed by atoms with Crippen molar-refractivity contribution in [3.05, 3.63) is 71.8 Å². The van der Waals surface area contributed by atoms with Crippen molar-refractivity contribution in [1.82, 2.24) is 10.2 Å². The van der Waals surface area contributed by atoms with Gasteiger partial charge in [0.2, 0.25) is 17.7 Å². The Labute approximate surface area is 169 Å². The lowest BCUT2D eigenvalue weighted by Gasteiger charge is -2.29. The van der Waals surface area contributed by atoms with Gasteiger partial charge in [0.05, 0.1) is 6.10 Å². The zero-order valence-corrected chi connectivity index (χ0v) is 16.2. The highest BCUT2D eigenvalue weighted by molar-refractivity contribution is 5.92. The quantitative estimate of drug-likeness (QED) is 0.670. The lowest BCUT2D eigenvalue weighted by Crippen LogP contribution is -2.54. The summed E-state index contributed by atoms with van der Waals surface area (Å²) in [5.74, 6) is -1.97. The fraction of sp³-hybridized carbons (Fsp3) is 0.318. The third-order valence-electron chi connectivity index (χ3n) is 5.24. The van der Waals surface area contributed by atoms with Gasteiger partial charge in [-0.15, -0.1) is 0 Å². The fourth-order valence-corrected chi connectivity index (χ4v) is 3.88. The van der Waals surface area contributed by atoms with Gasteiger partial charge >= 0.3 is 0 Å². The third-order valence-corrected chi connectivity index (χ3v) is 5.24. The van der Waals surface area contributed by atoms with Crippen LogP contribution in [0, 0.1) is 0 Å². The van der Waals surface area contributed by atoms with E-state index in [-0.39, 0.29) is 18.9 Å². The summed E-state index contributed by atoms with van der Waals surface area (Å²) in [6.07, 6.45) is -0.654. The molecule has 3 amide bonds. The predicted molar refractivity (Wildman–Crippen MR) is 108 cm³/mol. The lowest BCUT2D eigenvalue weighted by molar-refractivity contribution is -0.138. The van der Waals surface area contributed by atoms with E-state index < -0.39 is 35.9 Å². The molecule has 0 radical (unpaired) electrons. The molecule has 7 nitrogen and oxygen atoms in total. The van der Waals surface area contributed by atoms with E-state index in [0.717, 1.165) is 11.1 Å². The number of carbonyl (C=O) groups excluding carboxylic acids is 3. The molecule has 1 saturated heterocycles. The molecule has 4 N–H and O–H groups in total. The standard InChI is InChI=1S/C22H25N3O4/c1-14(26)25-13-17(27)12-18(25)22(29)24-20(21(23)28)19(15-8-4-2-5-9-15)16-10-6-3-7-11-16/h2-11,17-20,27H,12-13H2,1H3,(H2,23,28)(H,24,29)/t17-,18+,20+/m1/s1. The topological polar surface area (TPSA) is 113 Å². The van der Waals surface area contributed by atoms with Crippen molar-refractivity contribution in [2.45, 2.75) is 37.5 Å². The Morgan fingerprint density at radius 3 is 2.00 bits per heavy atom. The number of amides is 3. The van der Waals surface area contributed by atoms with Crippen LogP contribution in [0.1, 0.15) is 30.4 Å². The number of hydrogen-bond donors (Lipinski definition) is 3. The number of rotatable bonds is 6. The molecule has 2 aromatic rings. The van der Waals surface area contributed by atoms with Gasteiger partial charge in [0, 0.05) is 25.8 Å². The number of carbonyl (C=O) groups is 3. The van der Waals surface area contributed by atoms with Crippen molar-refractivity contribution in [3.63, 3.8) is 0 Å². The second-order valence-electron chi connectivity index (χ2n) is 7.26. The summed E-state index contributed by atoms with van der Waals surface area (Å²) < 4.78 is 0. The summed E-state index contributed by atoms with van der Waals surface area (Å²) in [6.45, 7) is 1.44. The number of nitrogens with two attached hydrogens (primary N) is 1. The van der Waals surface area contributed by atoms with Crippen LogP contribution in [0.4, 0.5) is 0 Å². The van der Waals surface area contributed by atoms with Crippen LogP contribution in [-0.2, 0) is 14.4 Å². The van der Waals surface area contributed by atoms with Crippen molar-refractivity contribution < 1.29 is 19.5 Å². The minimum absolute atomic E-state index is 0.0927. The summed E-state index contributed by atoms with van der Waals surface area (Å²) in [5.41, 5.74) is 7.36. The third kappa shape index (κ3) is 4.63. The van der Waals surface area contributed by atoms with E-state index in [0.29, 0.717) is 0 Å². The zero-order valence-electron chi connectivity index (χ0n) is 16.2. The van der Waals surface area contributed by atoms with Gasteiger partial charge in [-0.25, -0.2) is 0 Å². The number of benzene rings is 2. The normalized spacial score (nSPS) is 19.8. The van der Waals surface area contributed by atoms with Crippen LogP contribution in [0.15, 0.2) is 60.7 Å². The highest BCUT2D eigenvalue weighted by Gasteiger charge is 2.40. The Bertz CT molecular complexity index is 833. The highest BCUT2D eigenvalue weighted by Crippen LogP contribution is 2.29. The first-order valence-corrected chi connectivity index (χ1v) is 9.53. The number of likely N-dealkylation sites (tertiary alicyclic amines) is 1. The molecule has 2 aromatic carbocycles. The largest absolute Gasteiger partial charge is 0.391 e. The molecule has 0 aromatic heterocycles. The maximum Gasteiger partial charge on any atom is 0.243 e. The molecule has 29 heavy (non-hydrogen) atoms. The van der Waals surface area contributed by atoms with Crippen LogP contribution in [0.5, 0.6) is 0 Å². The molecule has 3 atom stereocenters. The molecular weight excluding hydrogens is 370 g/mol. The first kappa shape index (κ1) is 20.5. The number of primary amides is 1. The van der Waals surface area contributed by atoms with Gasteiger partial charge in [0.25, 0.3) is 0 Å². The molecule has 0 spiro atoms. The minimum atomic E-state index is -1.01. The van der Waals surface area contributed by atoms with E-state index in [2.05, 4.69) is 5.32 Å². The average Bonchev–Trinajstić information content (AvgIpc) is 3.11. The van der Waals surface area contributed by atoms with Crippen LogP contribution in [0.3, 0.4) is 0 Å². The molecule has 0 unspecified atom stereocenters. The monoisotopic (exact) mass is 395 g/mol. The van der Waals surface area contributed by atoms with Crippen LogP contribution in [0.25, 0.3) is 0 Å². The van der Waals surface area contributed by atoms with Crippen molar-refractivity contribution in [3.8, 4) is 0 Å². The van der Waals surface area contributed by atoms with Crippen molar-refractivity contribution in [2.24, 2.45) is 5.73 Å². The second-order valence-corrected chi connectivity index (χ2v) is 7.26. The molecule has 7 heteroatoms. The van der Waals surface area contributed by atoms with Gasteiger partial charge in [-0.05, 0) is 11.1 Å². The van der Waals surface area contributed by atoms with Crippen molar-refractivity contribution in [1.29, 1.82) is 0 Å². The molecule has 152 valence electrons. The van der Waals surface area contributed by atoms with Gasteiger partial charge in [0.15, 0.2) is 0 Å². The fourth-order valence-electron chi connectivity index (χ4n) is 3.88. The SMILES string of the molecule is CC(=O)N1C[C@H](O)C[C@H]1C(=O)N[C@H](C(N)=O)C(c1ccccc1)c1ccccc1. The number of nitrogens with zero attached hydrogens (tertiary/aromatic N) is 1. The summed E-state index contributed by atoms with van der Waals surface area (Å²) in [7, 11) is 0. The number of hydrogen-bond acceptors (Lipinski definition) is 4. The summed E-state index contributed by atoms with van der Waals surface area (Å²) in [6, 6.07) is 16.8. The number of aliphatic hydroxyl groups is 1. The van der Waals surface area contributed by atoms with Crippen LogP contribution < -0.4 is 11.1 Å². The second kappa shape index (κ2) is 8.87. The molecule has 0 saturated carbocycles. The van der Waals surface area contributed by atoms with E-state index >= 15 is 0 Å². The Morgan fingerprint density at radius 2 is 1.55 bits per heavy atom. The Hall–Kier alpha value is -3.19. The molecular formula is C22H25N3O4. The molecule has 1 aliphatic rings. The van der Waals surface area contributed by atoms with E-state index in [4.69, 9.17) is 5.73 Å². The maximum atomic E-state index is 13.0. The molecule has 0 aliphatic carbocycles. The van der Waals surface area contributed by atoms with E-state index in [1.54, 1.807) is 0 Å². The van der Waals surface area contributed by atoms with E-state index in [1.165, 1.54) is 11.8 Å². The smallest absolute Gasteiger partial charge is 0.243 e. The molecule has 1 fully saturated rings. The van der Waals surface area contributed by atoms with Gasteiger partial charge in [-0.1, -0.05) is 60.7 Å². The van der Waals surface area contributed by atoms with Gasteiger partial charge in [0.1, 0.15) is 12.1 Å². The zero-order chi connectivity index (χ0) is 21.0. The minimum Gasteiger partial charge on any atom is -0.391 e. The highest BCUT2D eigenvalue weighted by atomic mass is 16.3. The molecule has 0 bridgehead atoms. The first-order valence-electron chi connectivity index (χ1n) is 9.53. The number of nitrogens with one attached hydrogen (secondary N) is 1. The number of β-amino-alcohol motifs (C(OH)–C–C–N with tert-alkyl or cyclic N) is 1. The average molecular weight is 395 g/mol. The Morgan fingerprint density at radius 1 is 1.03 bits per heavy atom. The van der Waals surface area contributed by atoms with E-state index in [9.17, 15) is 19.5 Å². The number of aliphatic hydroxyl groups excluding tert-OH is 1. The molecule has 3 rings (SSSR count).